The Bertz CT molecular complexity index is 709. The van der Waals surface area contributed by atoms with Crippen molar-refractivity contribution in [2.45, 2.75) is 18.4 Å². The number of ether oxygens (including phenoxy) is 2. The zero-order valence-electron chi connectivity index (χ0n) is 14.5. The van der Waals surface area contributed by atoms with Gasteiger partial charge in [0, 0.05) is 27.6 Å². The summed E-state index contributed by atoms with van der Waals surface area (Å²) in [4.78, 5) is 13.5. The van der Waals surface area contributed by atoms with Crippen LogP contribution in [0.5, 0.6) is 11.5 Å². The van der Waals surface area contributed by atoms with Gasteiger partial charge in [-0.3, -0.25) is 4.79 Å². The first kappa shape index (κ1) is 19.7. The number of carbonyl (C=O) groups is 1. The fourth-order valence-corrected chi connectivity index (χ4v) is 3.61. The van der Waals surface area contributed by atoms with Crippen molar-refractivity contribution >= 4 is 33.6 Å². The zero-order valence-corrected chi connectivity index (χ0v) is 16.9. The molecule has 1 amide bonds. The number of rotatable bonds is 8. The second-order valence-corrected chi connectivity index (χ2v) is 7.49. The van der Waals surface area contributed by atoms with E-state index >= 15 is 0 Å². The first-order valence-electron chi connectivity index (χ1n) is 7.91. The van der Waals surface area contributed by atoms with Gasteiger partial charge in [0.25, 0.3) is 0 Å². The van der Waals surface area contributed by atoms with Crippen LogP contribution < -0.4 is 14.8 Å². The lowest BCUT2D eigenvalue weighted by Crippen LogP contribution is -2.30. The van der Waals surface area contributed by atoms with Crippen LogP contribution >= 0.6 is 27.7 Å². The SMILES string of the molecule is COc1cc(Br)c(CNC(=O)C(C)CSc2ccccc2)cc1OC. The van der Waals surface area contributed by atoms with Crippen molar-refractivity contribution < 1.29 is 14.3 Å². The van der Waals surface area contributed by atoms with Gasteiger partial charge in [0.2, 0.25) is 5.91 Å². The van der Waals surface area contributed by atoms with Crippen LogP contribution in [0.15, 0.2) is 51.8 Å². The first-order chi connectivity index (χ1) is 12.0. The highest BCUT2D eigenvalue weighted by molar-refractivity contribution is 9.10. The van der Waals surface area contributed by atoms with Gasteiger partial charge in [-0.1, -0.05) is 41.1 Å². The van der Waals surface area contributed by atoms with Gasteiger partial charge in [0.1, 0.15) is 0 Å². The highest BCUT2D eigenvalue weighted by Gasteiger charge is 2.15. The molecule has 25 heavy (non-hydrogen) atoms. The van der Waals surface area contributed by atoms with Crippen LogP contribution in [-0.4, -0.2) is 25.9 Å². The van der Waals surface area contributed by atoms with Crippen LogP contribution in [-0.2, 0) is 11.3 Å². The average Bonchev–Trinajstić information content (AvgIpc) is 2.65. The van der Waals surface area contributed by atoms with E-state index in [2.05, 4.69) is 33.4 Å². The number of carbonyl (C=O) groups excluding carboxylic acids is 1. The number of amides is 1. The minimum atomic E-state index is -0.0795. The molecule has 134 valence electrons. The van der Waals surface area contributed by atoms with E-state index in [1.807, 2.05) is 37.3 Å². The van der Waals surface area contributed by atoms with Gasteiger partial charge >= 0.3 is 0 Å². The maximum atomic E-state index is 12.3. The van der Waals surface area contributed by atoms with Crippen molar-refractivity contribution in [2.24, 2.45) is 5.92 Å². The molecule has 0 saturated carbocycles. The molecule has 1 unspecified atom stereocenters. The highest BCUT2D eigenvalue weighted by Crippen LogP contribution is 2.33. The number of hydrogen-bond acceptors (Lipinski definition) is 4. The van der Waals surface area contributed by atoms with Crippen LogP contribution in [0, 0.1) is 5.92 Å². The first-order valence-corrected chi connectivity index (χ1v) is 9.69. The quantitative estimate of drug-likeness (QED) is 0.634. The molecule has 2 rings (SSSR count). The Balaban J connectivity index is 1.90. The van der Waals surface area contributed by atoms with E-state index in [1.165, 1.54) is 4.90 Å². The predicted molar refractivity (Wildman–Crippen MR) is 105 cm³/mol. The van der Waals surface area contributed by atoms with E-state index < -0.39 is 0 Å². The summed E-state index contributed by atoms with van der Waals surface area (Å²) in [6.45, 7) is 2.37. The summed E-state index contributed by atoms with van der Waals surface area (Å²) >= 11 is 5.19. The summed E-state index contributed by atoms with van der Waals surface area (Å²) in [5.74, 6) is 1.98. The molecule has 0 saturated heterocycles. The van der Waals surface area contributed by atoms with E-state index in [9.17, 15) is 4.79 Å². The standard InChI is InChI=1S/C19H22BrNO3S/c1-13(12-25-15-7-5-4-6-8-15)19(22)21-11-14-9-17(23-2)18(24-3)10-16(14)20/h4-10,13H,11-12H2,1-3H3,(H,21,22). The highest BCUT2D eigenvalue weighted by atomic mass is 79.9. The third kappa shape index (κ3) is 5.68. The minimum Gasteiger partial charge on any atom is -0.493 e. The predicted octanol–water partition coefficient (Wildman–Crippen LogP) is 4.51. The minimum absolute atomic E-state index is 0.0325. The molecule has 0 spiro atoms. The Kier molecular flexibility index (Phi) is 7.65. The van der Waals surface area contributed by atoms with E-state index in [4.69, 9.17) is 9.47 Å². The summed E-state index contributed by atoms with van der Waals surface area (Å²) in [5, 5.41) is 2.99. The molecular weight excluding hydrogens is 402 g/mol. The molecular formula is C19H22BrNO3S. The molecule has 0 heterocycles. The fraction of sp³-hybridized carbons (Fsp3) is 0.316. The second-order valence-electron chi connectivity index (χ2n) is 5.54. The third-order valence-corrected chi connectivity index (χ3v) is 5.71. The maximum Gasteiger partial charge on any atom is 0.223 e. The molecule has 0 radical (unpaired) electrons. The van der Waals surface area contributed by atoms with Crippen LogP contribution in [0.25, 0.3) is 0 Å². The fourth-order valence-electron chi connectivity index (χ4n) is 2.20. The molecule has 0 aromatic heterocycles. The van der Waals surface area contributed by atoms with Crippen LogP contribution in [0.1, 0.15) is 12.5 Å². The number of halogens is 1. The number of benzene rings is 2. The molecule has 6 heteroatoms. The Morgan fingerprint density at radius 3 is 2.44 bits per heavy atom. The summed E-state index contributed by atoms with van der Waals surface area (Å²) in [5.41, 5.74) is 0.939. The molecule has 2 aromatic rings. The lowest BCUT2D eigenvalue weighted by atomic mass is 10.1. The molecule has 4 nitrogen and oxygen atoms in total. The maximum absolute atomic E-state index is 12.3. The molecule has 0 bridgehead atoms. The summed E-state index contributed by atoms with van der Waals surface area (Å²) in [7, 11) is 3.19. The van der Waals surface area contributed by atoms with Gasteiger partial charge in [-0.15, -0.1) is 11.8 Å². The lowest BCUT2D eigenvalue weighted by molar-refractivity contribution is -0.124. The number of hydrogen-bond donors (Lipinski definition) is 1. The number of methoxy groups -OCH3 is 2. The average molecular weight is 424 g/mol. The monoisotopic (exact) mass is 423 g/mol. The van der Waals surface area contributed by atoms with Gasteiger partial charge in [-0.05, 0) is 29.8 Å². The third-order valence-electron chi connectivity index (χ3n) is 3.70. The Hall–Kier alpha value is -1.66. The van der Waals surface area contributed by atoms with Crippen molar-refractivity contribution in [1.82, 2.24) is 5.32 Å². The van der Waals surface area contributed by atoms with Gasteiger partial charge < -0.3 is 14.8 Å². The van der Waals surface area contributed by atoms with Crippen molar-refractivity contribution in [2.75, 3.05) is 20.0 Å². The Labute approximate surface area is 161 Å². The molecule has 1 atom stereocenters. The van der Waals surface area contributed by atoms with Gasteiger partial charge in [0.05, 0.1) is 14.2 Å². The smallest absolute Gasteiger partial charge is 0.223 e. The Morgan fingerprint density at radius 2 is 1.80 bits per heavy atom. The normalized spacial score (nSPS) is 11.7. The van der Waals surface area contributed by atoms with Crippen LogP contribution in [0.3, 0.4) is 0 Å². The molecule has 0 aliphatic rings. The van der Waals surface area contributed by atoms with Crippen LogP contribution in [0.4, 0.5) is 0 Å². The van der Waals surface area contributed by atoms with Crippen molar-refractivity contribution in [1.29, 1.82) is 0 Å². The zero-order chi connectivity index (χ0) is 18.2. The number of nitrogens with one attached hydrogen (secondary N) is 1. The molecule has 0 aliphatic heterocycles. The van der Waals surface area contributed by atoms with Crippen molar-refractivity contribution in [3.8, 4) is 11.5 Å². The summed E-state index contributed by atoms with van der Waals surface area (Å²) in [6.07, 6.45) is 0. The topological polar surface area (TPSA) is 47.6 Å². The van der Waals surface area contributed by atoms with E-state index in [-0.39, 0.29) is 11.8 Å². The van der Waals surface area contributed by atoms with Crippen molar-refractivity contribution in [3.63, 3.8) is 0 Å². The summed E-state index contributed by atoms with van der Waals surface area (Å²) in [6, 6.07) is 13.8. The Morgan fingerprint density at radius 1 is 1.16 bits per heavy atom. The largest absolute Gasteiger partial charge is 0.493 e. The van der Waals surface area contributed by atoms with Gasteiger partial charge in [-0.25, -0.2) is 0 Å². The van der Waals surface area contributed by atoms with E-state index in [1.54, 1.807) is 26.0 Å². The molecule has 0 fully saturated rings. The van der Waals surface area contributed by atoms with E-state index in [0.717, 1.165) is 15.8 Å². The van der Waals surface area contributed by atoms with Gasteiger partial charge in [0.15, 0.2) is 11.5 Å². The van der Waals surface area contributed by atoms with Crippen molar-refractivity contribution in [3.05, 3.63) is 52.5 Å². The number of thioether (sulfide) groups is 1. The summed E-state index contributed by atoms with van der Waals surface area (Å²) < 4.78 is 11.4. The second kappa shape index (κ2) is 9.73. The van der Waals surface area contributed by atoms with Gasteiger partial charge in [-0.2, -0.15) is 0 Å². The lowest BCUT2D eigenvalue weighted by Gasteiger charge is -2.15. The molecule has 2 aromatic carbocycles. The molecule has 0 aliphatic carbocycles. The van der Waals surface area contributed by atoms with Crippen LogP contribution in [0.2, 0.25) is 0 Å². The van der Waals surface area contributed by atoms with E-state index in [0.29, 0.717) is 18.0 Å². The molecule has 1 N–H and O–H groups in total.